The van der Waals surface area contributed by atoms with Crippen molar-refractivity contribution >= 4 is 0 Å². The van der Waals surface area contributed by atoms with Gasteiger partial charge in [-0.05, 0) is 38.6 Å². The molecule has 3 rings (SSSR count). The lowest BCUT2D eigenvalue weighted by molar-refractivity contribution is 0.334. The normalized spacial score (nSPS) is 29.0. The summed E-state index contributed by atoms with van der Waals surface area (Å²) in [5.74, 6) is 2.41. The second-order valence-corrected chi connectivity index (χ2v) is 5.37. The number of aromatic nitrogens is 3. The summed E-state index contributed by atoms with van der Waals surface area (Å²) in [6, 6.07) is 0. The molecule has 0 radical (unpaired) electrons. The number of rotatable bonds is 2. The number of aryl methyl sites for hydroxylation is 1. The number of hydrogen-bond donors (Lipinski definition) is 1. The first-order valence-corrected chi connectivity index (χ1v) is 7.03. The summed E-state index contributed by atoms with van der Waals surface area (Å²) in [6.45, 7) is 4.49. The maximum atomic E-state index is 4.51. The largest absolute Gasteiger partial charge is 0.313 e. The van der Waals surface area contributed by atoms with Crippen molar-refractivity contribution in [2.75, 3.05) is 6.54 Å². The highest BCUT2D eigenvalue weighted by atomic mass is 15.3. The predicted molar refractivity (Wildman–Crippen MR) is 66.8 cm³/mol. The second kappa shape index (κ2) is 4.41. The van der Waals surface area contributed by atoms with Crippen LogP contribution in [0, 0.1) is 0 Å². The Labute approximate surface area is 103 Å². The van der Waals surface area contributed by atoms with Crippen LogP contribution in [0.5, 0.6) is 0 Å². The molecule has 0 saturated carbocycles. The first-order valence-electron chi connectivity index (χ1n) is 7.03. The summed E-state index contributed by atoms with van der Waals surface area (Å²) in [7, 11) is 0. The van der Waals surface area contributed by atoms with E-state index in [-0.39, 0.29) is 5.54 Å². The summed E-state index contributed by atoms with van der Waals surface area (Å²) in [6.07, 6.45) is 8.56. The van der Waals surface area contributed by atoms with Gasteiger partial charge in [0.1, 0.15) is 5.82 Å². The zero-order chi connectivity index (χ0) is 11.7. The molecule has 1 atom stereocenters. The van der Waals surface area contributed by atoms with Crippen LogP contribution < -0.4 is 5.32 Å². The fourth-order valence-corrected chi connectivity index (χ4v) is 3.30. The lowest BCUT2D eigenvalue weighted by Crippen LogP contribution is -2.39. The highest BCUT2D eigenvalue weighted by Crippen LogP contribution is 2.34. The van der Waals surface area contributed by atoms with E-state index in [9.17, 15) is 0 Å². The van der Waals surface area contributed by atoms with Gasteiger partial charge in [0.2, 0.25) is 0 Å². The van der Waals surface area contributed by atoms with Gasteiger partial charge < -0.3 is 9.88 Å². The van der Waals surface area contributed by atoms with Crippen LogP contribution in [0.2, 0.25) is 0 Å². The van der Waals surface area contributed by atoms with E-state index >= 15 is 0 Å². The van der Waals surface area contributed by atoms with Crippen LogP contribution in [0.15, 0.2) is 0 Å². The van der Waals surface area contributed by atoms with Gasteiger partial charge in [0.25, 0.3) is 0 Å². The topological polar surface area (TPSA) is 42.7 Å². The Balaban J connectivity index is 1.99. The zero-order valence-electron chi connectivity index (χ0n) is 10.7. The molecule has 0 bridgehead atoms. The van der Waals surface area contributed by atoms with Gasteiger partial charge >= 0.3 is 0 Å². The van der Waals surface area contributed by atoms with Crippen LogP contribution in [0.4, 0.5) is 0 Å². The number of fused-ring (bicyclic) bond motifs is 1. The average Bonchev–Trinajstić information content (AvgIpc) is 2.92. The monoisotopic (exact) mass is 234 g/mol. The second-order valence-electron chi connectivity index (χ2n) is 5.37. The molecule has 1 unspecified atom stereocenters. The van der Waals surface area contributed by atoms with Crippen molar-refractivity contribution in [2.45, 2.75) is 64.0 Å². The van der Waals surface area contributed by atoms with E-state index in [2.05, 4.69) is 27.0 Å². The summed E-state index contributed by atoms with van der Waals surface area (Å²) < 4.78 is 2.40. The van der Waals surface area contributed by atoms with Gasteiger partial charge in [0.15, 0.2) is 5.82 Å². The van der Waals surface area contributed by atoms with E-state index in [4.69, 9.17) is 0 Å². The predicted octanol–water partition coefficient (Wildman–Crippen LogP) is 1.99. The molecule has 1 aromatic rings. The van der Waals surface area contributed by atoms with E-state index in [0.717, 1.165) is 25.9 Å². The van der Waals surface area contributed by atoms with Crippen LogP contribution in [0.3, 0.4) is 0 Å². The molecule has 0 spiro atoms. The molecule has 94 valence electrons. The van der Waals surface area contributed by atoms with Crippen molar-refractivity contribution in [3.05, 3.63) is 11.6 Å². The first-order chi connectivity index (χ1) is 8.36. The van der Waals surface area contributed by atoms with E-state index in [1.807, 2.05) is 0 Å². The molecule has 3 heterocycles. The van der Waals surface area contributed by atoms with Crippen LogP contribution in [-0.2, 0) is 18.5 Å². The van der Waals surface area contributed by atoms with Gasteiger partial charge in [-0.2, -0.15) is 0 Å². The lowest BCUT2D eigenvalue weighted by Gasteiger charge is -2.27. The minimum atomic E-state index is 0.107. The molecule has 17 heavy (non-hydrogen) atoms. The Kier molecular flexibility index (Phi) is 2.90. The van der Waals surface area contributed by atoms with Gasteiger partial charge in [0.05, 0.1) is 5.54 Å². The summed E-state index contributed by atoms with van der Waals surface area (Å²) in [5, 5.41) is 12.6. The Morgan fingerprint density at radius 3 is 2.94 bits per heavy atom. The highest BCUT2D eigenvalue weighted by molar-refractivity contribution is 5.12. The molecule has 0 aromatic carbocycles. The van der Waals surface area contributed by atoms with Crippen molar-refractivity contribution in [3.8, 4) is 0 Å². The summed E-state index contributed by atoms with van der Waals surface area (Å²) in [4.78, 5) is 0. The molecule has 1 saturated heterocycles. The van der Waals surface area contributed by atoms with Crippen molar-refractivity contribution < 1.29 is 0 Å². The van der Waals surface area contributed by atoms with Crippen molar-refractivity contribution in [1.82, 2.24) is 20.1 Å². The number of hydrogen-bond acceptors (Lipinski definition) is 3. The van der Waals surface area contributed by atoms with E-state index in [0.29, 0.717) is 0 Å². The Bertz CT molecular complexity index is 390. The van der Waals surface area contributed by atoms with E-state index in [1.165, 1.54) is 43.8 Å². The summed E-state index contributed by atoms with van der Waals surface area (Å²) >= 11 is 0. The van der Waals surface area contributed by atoms with Crippen LogP contribution in [0.25, 0.3) is 0 Å². The Morgan fingerprint density at radius 2 is 2.18 bits per heavy atom. The van der Waals surface area contributed by atoms with E-state index in [1.54, 1.807) is 0 Å². The minimum absolute atomic E-state index is 0.107. The quantitative estimate of drug-likeness (QED) is 0.851. The molecule has 1 aromatic heterocycles. The third-order valence-corrected chi connectivity index (χ3v) is 4.38. The number of nitrogens with one attached hydrogen (secondary N) is 1. The fraction of sp³-hybridized carbons (Fsp3) is 0.846. The standard InChI is InChI=1S/C13H22N4/c1-2-13(8-6-9-14-13)12-16-15-11-7-4-3-5-10-17(11)12/h14H,2-10H2,1H3. The SMILES string of the molecule is CCC1(c2nnc3n2CCCCC3)CCCN1. The molecule has 1 N–H and O–H groups in total. The van der Waals surface area contributed by atoms with Crippen LogP contribution >= 0.6 is 0 Å². The average molecular weight is 234 g/mol. The molecular weight excluding hydrogens is 212 g/mol. The van der Waals surface area contributed by atoms with Crippen molar-refractivity contribution in [1.29, 1.82) is 0 Å². The van der Waals surface area contributed by atoms with Crippen molar-refractivity contribution in [3.63, 3.8) is 0 Å². The Hall–Kier alpha value is -0.900. The molecule has 2 aliphatic heterocycles. The summed E-state index contributed by atoms with van der Waals surface area (Å²) in [5.41, 5.74) is 0.107. The molecule has 4 nitrogen and oxygen atoms in total. The van der Waals surface area contributed by atoms with Gasteiger partial charge in [-0.1, -0.05) is 13.3 Å². The molecular formula is C13H22N4. The van der Waals surface area contributed by atoms with Gasteiger partial charge in [-0.15, -0.1) is 10.2 Å². The third kappa shape index (κ3) is 1.79. The minimum Gasteiger partial charge on any atom is -0.313 e. The maximum absolute atomic E-state index is 4.51. The van der Waals surface area contributed by atoms with Gasteiger partial charge in [-0.25, -0.2) is 0 Å². The third-order valence-electron chi connectivity index (χ3n) is 4.38. The lowest BCUT2D eigenvalue weighted by atomic mass is 9.93. The molecule has 0 amide bonds. The van der Waals surface area contributed by atoms with Crippen LogP contribution in [-0.4, -0.2) is 21.3 Å². The fourth-order valence-electron chi connectivity index (χ4n) is 3.30. The van der Waals surface area contributed by atoms with E-state index < -0.39 is 0 Å². The van der Waals surface area contributed by atoms with Gasteiger partial charge in [0, 0.05) is 13.0 Å². The Morgan fingerprint density at radius 1 is 1.24 bits per heavy atom. The number of nitrogens with zero attached hydrogens (tertiary/aromatic N) is 3. The smallest absolute Gasteiger partial charge is 0.153 e. The molecule has 1 fully saturated rings. The van der Waals surface area contributed by atoms with Gasteiger partial charge in [-0.3, -0.25) is 0 Å². The zero-order valence-corrected chi connectivity index (χ0v) is 10.7. The van der Waals surface area contributed by atoms with Crippen molar-refractivity contribution in [2.24, 2.45) is 0 Å². The molecule has 4 heteroatoms. The van der Waals surface area contributed by atoms with Crippen LogP contribution in [0.1, 0.15) is 57.1 Å². The molecule has 2 aliphatic rings. The molecule has 0 aliphatic carbocycles. The first kappa shape index (κ1) is 11.2. The highest BCUT2D eigenvalue weighted by Gasteiger charge is 2.38. The maximum Gasteiger partial charge on any atom is 0.153 e.